The van der Waals surface area contributed by atoms with Crippen molar-refractivity contribution in [3.8, 4) is 0 Å². The molecule has 0 spiro atoms. The molecule has 0 saturated carbocycles. The zero-order valence-corrected chi connectivity index (χ0v) is 12.0. The molecule has 118 valence electrons. The van der Waals surface area contributed by atoms with Gasteiger partial charge in [-0.1, -0.05) is 0 Å². The normalized spacial score (nSPS) is 20.7. The van der Waals surface area contributed by atoms with E-state index in [4.69, 9.17) is 5.73 Å². The third kappa shape index (κ3) is 2.19. The molecule has 7 heteroatoms. The van der Waals surface area contributed by atoms with Crippen LogP contribution in [-0.4, -0.2) is 20.6 Å². The van der Waals surface area contributed by atoms with Crippen LogP contribution in [0.15, 0.2) is 30.5 Å². The van der Waals surface area contributed by atoms with Crippen LogP contribution < -0.4 is 5.73 Å². The van der Waals surface area contributed by atoms with Gasteiger partial charge < -0.3 is 10.3 Å². The summed E-state index contributed by atoms with van der Waals surface area (Å²) in [4.78, 5) is 8.78. The molecule has 2 aromatic heterocycles. The molecule has 0 radical (unpaired) electrons. The summed E-state index contributed by atoms with van der Waals surface area (Å²) in [5, 5.41) is 0. The van der Waals surface area contributed by atoms with Crippen molar-refractivity contribution in [1.29, 1.82) is 0 Å². The minimum Gasteiger partial charge on any atom is -0.326 e. The summed E-state index contributed by atoms with van der Waals surface area (Å²) < 4.78 is 42.6. The maximum absolute atomic E-state index is 14.1. The summed E-state index contributed by atoms with van der Waals surface area (Å²) >= 11 is 0. The maximum Gasteiger partial charge on any atom is 0.161 e. The second-order valence-electron chi connectivity index (χ2n) is 5.75. The first kappa shape index (κ1) is 14.2. The topological polar surface area (TPSA) is 56.7 Å². The molecular formula is C16H13F3N4. The monoisotopic (exact) mass is 318 g/mol. The molecule has 0 bridgehead atoms. The van der Waals surface area contributed by atoms with Crippen LogP contribution in [0.2, 0.25) is 0 Å². The Bertz CT molecular complexity index is 906. The molecule has 0 fully saturated rings. The fraction of sp³-hybridized carbons (Fsp3) is 0.250. The molecule has 3 aromatic rings. The molecule has 0 aliphatic carbocycles. The smallest absolute Gasteiger partial charge is 0.161 e. The van der Waals surface area contributed by atoms with Crippen LogP contribution in [0.1, 0.15) is 17.3 Å². The molecule has 0 saturated heterocycles. The first-order valence-electron chi connectivity index (χ1n) is 7.24. The number of aromatic nitrogens is 3. The van der Waals surface area contributed by atoms with E-state index in [1.54, 1.807) is 12.3 Å². The van der Waals surface area contributed by atoms with Gasteiger partial charge in [-0.2, -0.15) is 0 Å². The molecule has 0 amide bonds. The van der Waals surface area contributed by atoms with Crippen LogP contribution in [0.4, 0.5) is 13.2 Å². The quantitative estimate of drug-likeness (QED) is 0.702. The molecule has 23 heavy (non-hydrogen) atoms. The Morgan fingerprint density at radius 2 is 1.91 bits per heavy atom. The Kier molecular flexibility index (Phi) is 3.12. The van der Waals surface area contributed by atoms with Crippen molar-refractivity contribution in [2.75, 3.05) is 0 Å². The molecule has 3 heterocycles. The van der Waals surface area contributed by atoms with Gasteiger partial charge in [0.1, 0.15) is 17.2 Å². The molecular weight excluding hydrogens is 305 g/mol. The summed E-state index contributed by atoms with van der Waals surface area (Å²) in [7, 11) is 0. The van der Waals surface area contributed by atoms with Crippen LogP contribution in [0.25, 0.3) is 11.2 Å². The SMILES string of the molecule is N[C@H]1Cn2c(nc3cccnc32)C[C@@H]1c1cc(F)c(F)cc1F. The fourth-order valence-corrected chi connectivity index (χ4v) is 3.20. The van der Waals surface area contributed by atoms with Crippen molar-refractivity contribution in [3.05, 3.63) is 59.3 Å². The Labute approximate surface area is 129 Å². The van der Waals surface area contributed by atoms with E-state index in [1.807, 2.05) is 10.6 Å². The predicted molar refractivity (Wildman–Crippen MR) is 78.3 cm³/mol. The summed E-state index contributed by atoms with van der Waals surface area (Å²) in [6, 6.07) is 4.64. The number of rotatable bonds is 1. The molecule has 0 unspecified atom stereocenters. The lowest BCUT2D eigenvalue weighted by molar-refractivity contribution is 0.391. The number of nitrogens with two attached hydrogens (primary N) is 1. The third-order valence-corrected chi connectivity index (χ3v) is 4.33. The molecule has 2 N–H and O–H groups in total. The first-order chi connectivity index (χ1) is 11.0. The Balaban J connectivity index is 1.79. The predicted octanol–water partition coefficient (Wildman–Crippen LogP) is 2.52. The van der Waals surface area contributed by atoms with Crippen molar-refractivity contribution in [2.24, 2.45) is 5.73 Å². The number of hydrogen-bond acceptors (Lipinski definition) is 3. The Morgan fingerprint density at radius 3 is 2.74 bits per heavy atom. The van der Waals surface area contributed by atoms with E-state index in [0.717, 1.165) is 23.1 Å². The van der Waals surface area contributed by atoms with Gasteiger partial charge in [-0.25, -0.2) is 23.1 Å². The van der Waals surface area contributed by atoms with Gasteiger partial charge in [-0.3, -0.25) is 0 Å². The van der Waals surface area contributed by atoms with E-state index in [9.17, 15) is 13.2 Å². The number of halogens is 3. The van der Waals surface area contributed by atoms with Gasteiger partial charge in [-0.05, 0) is 23.8 Å². The number of benzene rings is 1. The van der Waals surface area contributed by atoms with Crippen LogP contribution in [-0.2, 0) is 13.0 Å². The van der Waals surface area contributed by atoms with Gasteiger partial charge in [0.05, 0.1) is 0 Å². The van der Waals surface area contributed by atoms with E-state index >= 15 is 0 Å². The van der Waals surface area contributed by atoms with E-state index in [-0.39, 0.29) is 5.56 Å². The highest BCUT2D eigenvalue weighted by molar-refractivity contribution is 5.71. The van der Waals surface area contributed by atoms with E-state index < -0.39 is 29.4 Å². The lowest BCUT2D eigenvalue weighted by atomic mass is 9.86. The van der Waals surface area contributed by atoms with Crippen molar-refractivity contribution in [1.82, 2.24) is 14.5 Å². The maximum atomic E-state index is 14.1. The van der Waals surface area contributed by atoms with Gasteiger partial charge in [0, 0.05) is 37.2 Å². The molecule has 2 atom stereocenters. The summed E-state index contributed by atoms with van der Waals surface area (Å²) in [5.74, 6) is -2.81. The minimum atomic E-state index is -1.20. The zero-order chi connectivity index (χ0) is 16.1. The molecule has 1 aliphatic heterocycles. The number of fused-ring (bicyclic) bond motifs is 3. The standard InChI is InChI=1S/C16H13F3N4/c17-10-6-12(19)11(18)4-8(10)9-5-15-22-14-2-1-3-21-16(14)23(15)7-13(9)20/h1-4,6,9,13H,5,7,20H2/t9-,13+/m1/s1. The average Bonchev–Trinajstić information content (AvgIpc) is 2.88. The lowest BCUT2D eigenvalue weighted by Crippen LogP contribution is -2.39. The van der Waals surface area contributed by atoms with Gasteiger partial charge in [0.15, 0.2) is 17.3 Å². The summed E-state index contributed by atoms with van der Waals surface area (Å²) in [6.45, 7) is 0.395. The van der Waals surface area contributed by atoms with Crippen LogP contribution in [0.3, 0.4) is 0 Å². The molecule has 1 aromatic carbocycles. The van der Waals surface area contributed by atoms with Crippen LogP contribution in [0.5, 0.6) is 0 Å². The van der Waals surface area contributed by atoms with Gasteiger partial charge in [0.2, 0.25) is 0 Å². The minimum absolute atomic E-state index is 0.0858. The average molecular weight is 318 g/mol. The molecule has 4 rings (SSSR count). The second-order valence-corrected chi connectivity index (χ2v) is 5.75. The Hall–Kier alpha value is -2.41. The Morgan fingerprint density at radius 1 is 1.13 bits per heavy atom. The van der Waals surface area contributed by atoms with E-state index in [2.05, 4.69) is 9.97 Å². The van der Waals surface area contributed by atoms with Crippen LogP contribution in [0, 0.1) is 17.5 Å². The number of nitrogens with zero attached hydrogens (tertiary/aromatic N) is 3. The highest BCUT2D eigenvalue weighted by Gasteiger charge is 2.32. The zero-order valence-electron chi connectivity index (χ0n) is 12.0. The van der Waals surface area contributed by atoms with Crippen molar-refractivity contribution >= 4 is 11.2 Å². The lowest BCUT2D eigenvalue weighted by Gasteiger charge is -2.30. The van der Waals surface area contributed by atoms with Crippen molar-refractivity contribution in [2.45, 2.75) is 24.9 Å². The molecule has 1 aliphatic rings. The van der Waals surface area contributed by atoms with Gasteiger partial charge in [-0.15, -0.1) is 0 Å². The van der Waals surface area contributed by atoms with Gasteiger partial charge >= 0.3 is 0 Å². The van der Waals surface area contributed by atoms with Gasteiger partial charge in [0.25, 0.3) is 0 Å². The number of hydrogen-bond donors (Lipinski definition) is 1. The summed E-state index contributed by atoms with van der Waals surface area (Å²) in [5.41, 5.74) is 7.72. The summed E-state index contributed by atoms with van der Waals surface area (Å²) in [6.07, 6.45) is 2.02. The van der Waals surface area contributed by atoms with Crippen molar-refractivity contribution in [3.63, 3.8) is 0 Å². The number of pyridine rings is 1. The van der Waals surface area contributed by atoms with E-state index in [1.165, 1.54) is 0 Å². The highest BCUT2D eigenvalue weighted by Crippen LogP contribution is 2.32. The number of imidazole rings is 1. The first-order valence-corrected chi connectivity index (χ1v) is 7.24. The van der Waals surface area contributed by atoms with Crippen molar-refractivity contribution < 1.29 is 13.2 Å². The largest absolute Gasteiger partial charge is 0.326 e. The van der Waals surface area contributed by atoms with E-state index in [0.29, 0.717) is 19.0 Å². The third-order valence-electron chi connectivity index (χ3n) is 4.33. The molecule has 4 nitrogen and oxygen atoms in total. The van der Waals surface area contributed by atoms with Crippen LogP contribution >= 0.6 is 0 Å². The highest BCUT2D eigenvalue weighted by atomic mass is 19.2. The second kappa shape index (κ2) is 5.06. The fourth-order valence-electron chi connectivity index (χ4n) is 3.20.